The molecule has 1 aromatic rings. The van der Waals surface area contributed by atoms with Gasteiger partial charge in [-0.3, -0.25) is 0 Å². The number of rotatable bonds is 6. The van der Waals surface area contributed by atoms with Crippen LogP contribution in [0.2, 0.25) is 5.32 Å². The zero-order valence-electron chi connectivity index (χ0n) is 13.4. The van der Waals surface area contributed by atoms with Crippen molar-refractivity contribution < 1.29 is 19.4 Å². The first-order valence-corrected chi connectivity index (χ1v) is 9.45. The molecule has 0 bridgehead atoms. The summed E-state index contributed by atoms with van der Waals surface area (Å²) in [4.78, 5) is 22.9. The normalized spacial score (nSPS) is 12.5. The fourth-order valence-corrected chi connectivity index (χ4v) is 3.72. The van der Waals surface area contributed by atoms with Gasteiger partial charge < -0.3 is 0 Å². The molecule has 0 radical (unpaired) electrons. The van der Waals surface area contributed by atoms with Crippen molar-refractivity contribution in [1.82, 2.24) is 5.32 Å². The molecule has 0 saturated heterocycles. The van der Waals surface area contributed by atoms with Gasteiger partial charge in [0.25, 0.3) is 0 Å². The number of carboxylic acids is 1. The second kappa shape index (κ2) is 8.20. The summed E-state index contributed by atoms with van der Waals surface area (Å²) < 4.78 is 5.09. The van der Waals surface area contributed by atoms with Crippen LogP contribution < -0.4 is 5.32 Å². The van der Waals surface area contributed by atoms with Gasteiger partial charge in [-0.05, 0) is 0 Å². The molecule has 1 amide bonds. The first-order valence-electron chi connectivity index (χ1n) is 7.03. The predicted octanol–water partition coefficient (Wildman–Crippen LogP) is 2.60. The molecule has 1 atom stereocenters. The van der Waals surface area contributed by atoms with Crippen LogP contribution >= 0.6 is 0 Å². The molecule has 1 rings (SSSR count). The summed E-state index contributed by atoms with van der Waals surface area (Å²) in [5, 5.41) is 12.9. The Kier molecular flexibility index (Phi) is 6.91. The monoisotopic (exact) mass is 373 g/mol. The topological polar surface area (TPSA) is 75.6 Å². The van der Waals surface area contributed by atoms with Gasteiger partial charge in [0.2, 0.25) is 0 Å². The van der Waals surface area contributed by atoms with Crippen molar-refractivity contribution in [1.29, 1.82) is 0 Å². The maximum absolute atomic E-state index is 11.7. The molecule has 0 aliphatic heterocycles. The number of ether oxygens (including phenoxy) is 1. The Bertz CT molecular complexity index is 508. The van der Waals surface area contributed by atoms with E-state index in [9.17, 15) is 14.7 Å². The molecule has 5 nitrogen and oxygen atoms in total. The summed E-state index contributed by atoms with van der Waals surface area (Å²) in [5.74, 6) is -1.03. The van der Waals surface area contributed by atoms with E-state index >= 15 is 0 Å². The van der Waals surface area contributed by atoms with E-state index in [0.29, 0.717) is 5.32 Å². The van der Waals surface area contributed by atoms with Crippen LogP contribution in [0.25, 0.3) is 0 Å². The number of nitrogens with one attached hydrogen (secondary N) is 1. The summed E-state index contributed by atoms with van der Waals surface area (Å²) in [7, 11) is 0. The van der Waals surface area contributed by atoms with Crippen molar-refractivity contribution in [3.63, 3.8) is 0 Å². The van der Waals surface area contributed by atoms with Gasteiger partial charge in [-0.25, -0.2) is 0 Å². The molecule has 0 aromatic heterocycles. The van der Waals surface area contributed by atoms with Crippen LogP contribution in [0, 0.1) is 6.92 Å². The van der Waals surface area contributed by atoms with Gasteiger partial charge >= 0.3 is 137 Å². The Labute approximate surface area is 137 Å². The third-order valence-corrected chi connectivity index (χ3v) is 4.98. The number of carbonyl (C=O) groups excluding carboxylic acids is 1. The molecule has 6 heteroatoms. The minimum absolute atomic E-state index is 0.0906. The van der Waals surface area contributed by atoms with E-state index < -0.39 is 23.7 Å². The van der Waals surface area contributed by atoms with E-state index in [1.807, 2.05) is 31.2 Å². The SMILES string of the molecule is Cc1ccc(C[Se]C[C@H](NC(=O)OC(C)(C)C)C(=O)O)cc1. The van der Waals surface area contributed by atoms with Crippen molar-refractivity contribution >= 4 is 27.0 Å². The van der Waals surface area contributed by atoms with E-state index in [1.165, 1.54) is 11.1 Å². The quantitative estimate of drug-likeness (QED) is 0.753. The molecule has 0 spiro atoms. The van der Waals surface area contributed by atoms with E-state index in [4.69, 9.17) is 4.74 Å². The fraction of sp³-hybridized carbons (Fsp3) is 0.500. The first-order chi connectivity index (χ1) is 10.2. The van der Waals surface area contributed by atoms with Crippen LogP contribution in [-0.2, 0) is 14.9 Å². The third kappa shape index (κ3) is 7.48. The summed E-state index contributed by atoms with van der Waals surface area (Å²) in [6.07, 6.45) is -0.689. The van der Waals surface area contributed by atoms with Crippen LogP contribution in [0.3, 0.4) is 0 Å². The fourth-order valence-electron chi connectivity index (χ4n) is 1.60. The number of hydrogen-bond acceptors (Lipinski definition) is 3. The van der Waals surface area contributed by atoms with Gasteiger partial charge in [0.1, 0.15) is 0 Å². The molecule has 0 fully saturated rings. The number of amides is 1. The molecule has 0 unspecified atom stereocenters. The van der Waals surface area contributed by atoms with Crippen molar-refractivity contribution in [2.75, 3.05) is 0 Å². The van der Waals surface area contributed by atoms with Crippen LogP contribution in [0.5, 0.6) is 0 Å². The van der Waals surface area contributed by atoms with Gasteiger partial charge in [-0.15, -0.1) is 0 Å². The van der Waals surface area contributed by atoms with Gasteiger partial charge in [-0.2, -0.15) is 0 Å². The zero-order chi connectivity index (χ0) is 16.8. The number of aryl methyl sites for hydroxylation is 1. The number of hydrogen-bond donors (Lipinski definition) is 2. The van der Waals surface area contributed by atoms with Crippen LogP contribution in [-0.4, -0.2) is 43.8 Å². The van der Waals surface area contributed by atoms with E-state index in [0.717, 1.165) is 5.32 Å². The van der Waals surface area contributed by atoms with Gasteiger partial charge in [-0.1, -0.05) is 0 Å². The maximum atomic E-state index is 11.7. The van der Waals surface area contributed by atoms with Gasteiger partial charge in [0.05, 0.1) is 0 Å². The van der Waals surface area contributed by atoms with E-state index in [-0.39, 0.29) is 15.0 Å². The van der Waals surface area contributed by atoms with E-state index in [2.05, 4.69) is 5.32 Å². The molecule has 0 heterocycles. The van der Waals surface area contributed by atoms with Crippen LogP contribution in [0.15, 0.2) is 24.3 Å². The van der Waals surface area contributed by atoms with Crippen molar-refractivity contribution in [3.05, 3.63) is 35.4 Å². The summed E-state index contributed by atoms with van der Waals surface area (Å²) in [5.41, 5.74) is 1.75. The molecule has 0 aliphatic rings. The number of carboxylic acid groups (broad SMARTS) is 1. The predicted molar refractivity (Wildman–Crippen MR) is 86.2 cm³/mol. The summed E-state index contributed by atoms with van der Waals surface area (Å²) in [6, 6.07) is 7.28. The number of benzene rings is 1. The molecule has 2 N–H and O–H groups in total. The summed E-state index contributed by atoms with van der Waals surface area (Å²) in [6.45, 7) is 7.25. The van der Waals surface area contributed by atoms with Gasteiger partial charge in [0.15, 0.2) is 0 Å². The van der Waals surface area contributed by atoms with Gasteiger partial charge in [0, 0.05) is 0 Å². The van der Waals surface area contributed by atoms with E-state index in [1.54, 1.807) is 20.8 Å². The van der Waals surface area contributed by atoms with Crippen molar-refractivity contribution in [3.8, 4) is 0 Å². The van der Waals surface area contributed by atoms with Crippen molar-refractivity contribution in [2.24, 2.45) is 0 Å². The molecule has 1 aromatic carbocycles. The first kappa shape index (κ1) is 18.5. The second-order valence-electron chi connectivity index (χ2n) is 6.04. The Morgan fingerprint density at radius 3 is 2.36 bits per heavy atom. The molecule has 0 aliphatic carbocycles. The summed E-state index contributed by atoms with van der Waals surface area (Å²) >= 11 is 0.0906. The minimum atomic E-state index is -1.03. The van der Waals surface area contributed by atoms with Crippen LogP contribution in [0.1, 0.15) is 31.9 Å². The number of alkyl carbamates (subject to hydrolysis) is 1. The standard InChI is InChI=1S/C16H23NO4Se/c1-11-5-7-12(8-6-11)9-22-10-13(14(18)19)17-15(20)21-16(2,3)4/h5-8,13H,9-10H2,1-4H3,(H,17,20)(H,18,19)/t13-/m0/s1. The average Bonchev–Trinajstić information content (AvgIpc) is 2.37. The second-order valence-corrected chi connectivity index (χ2v) is 8.20. The number of aliphatic carboxylic acids is 1. The Morgan fingerprint density at radius 1 is 1.27 bits per heavy atom. The Morgan fingerprint density at radius 2 is 1.86 bits per heavy atom. The molecule has 122 valence electrons. The molecule has 0 saturated carbocycles. The van der Waals surface area contributed by atoms with Crippen LogP contribution in [0.4, 0.5) is 4.79 Å². The Balaban J connectivity index is 2.46. The third-order valence-electron chi connectivity index (χ3n) is 2.66. The number of carbonyl (C=O) groups is 2. The molecular weight excluding hydrogens is 349 g/mol. The average molecular weight is 372 g/mol. The zero-order valence-corrected chi connectivity index (χ0v) is 15.1. The Hall–Kier alpha value is -1.52. The molecule has 22 heavy (non-hydrogen) atoms. The molecular formula is C16H23NO4Se. The van der Waals surface area contributed by atoms with Crippen molar-refractivity contribution in [2.45, 2.75) is 50.0 Å².